The molecular formula is C16H33N3O4S. The number of aliphatic imine (C=N–C) groups is 1. The highest BCUT2D eigenvalue weighted by Crippen LogP contribution is 2.44. The Balaban J connectivity index is 2.31. The fraction of sp³-hybridized carbons (Fsp3) is 0.938. The number of hydrogen-bond acceptors (Lipinski definition) is 5. The Bertz CT molecular complexity index is 476. The third-order valence-corrected chi connectivity index (χ3v) is 5.21. The first-order valence-corrected chi connectivity index (χ1v) is 10.7. The van der Waals surface area contributed by atoms with Gasteiger partial charge in [-0.3, -0.25) is 4.99 Å². The summed E-state index contributed by atoms with van der Waals surface area (Å²) in [5.74, 6) is 0.844. The summed E-state index contributed by atoms with van der Waals surface area (Å²) in [7, 11) is -1.22. The first-order valence-electron chi connectivity index (χ1n) is 8.67. The summed E-state index contributed by atoms with van der Waals surface area (Å²) in [5.41, 5.74) is 0.296. The van der Waals surface area contributed by atoms with E-state index in [1.54, 1.807) is 7.11 Å². The summed E-state index contributed by atoms with van der Waals surface area (Å²) >= 11 is 0. The van der Waals surface area contributed by atoms with Crippen LogP contribution in [0.4, 0.5) is 0 Å². The van der Waals surface area contributed by atoms with Gasteiger partial charge in [0.25, 0.3) is 0 Å². The maximum Gasteiger partial charge on any atom is 0.191 e. The molecule has 142 valence electrons. The molecule has 1 aliphatic rings. The van der Waals surface area contributed by atoms with E-state index >= 15 is 0 Å². The minimum Gasteiger partial charge on any atom is -0.385 e. The first kappa shape index (κ1) is 21.2. The molecule has 0 aromatic heterocycles. The van der Waals surface area contributed by atoms with Crippen molar-refractivity contribution in [1.82, 2.24) is 10.6 Å². The van der Waals surface area contributed by atoms with Crippen LogP contribution in [-0.2, 0) is 19.3 Å². The van der Waals surface area contributed by atoms with Crippen molar-refractivity contribution in [3.63, 3.8) is 0 Å². The van der Waals surface area contributed by atoms with Crippen LogP contribution < -0.4 is 10.6 Å². The molecular weight excluding hydrogens is 330 g/mol. The number of nitrogens with one attached hydrogen (secondary N) is 2. The summed E-state index contributed by atoms with van der Waals surface area (Å²) < 4.78 is 32.6. The van der Waals surface area contributed by atoms with Crippen molar-refractivity contribution in [1.29, 1.82) is 0 Å². The maximum atomic E-state index is 11.0. The molecule has 1 rings (SSSR count). The third-order valence-electron chi connectivity index (χ3n) is 4.30. The predicted molar refractivity (Wildman–Crippen MR) is 97.3 cm³/mol. The summed E-state index contributed by atoms with van der Waals surface area (Å²) in [6.07, 6.45) is 5.98. The number of hydrogen-bond donors (Lipinski definition) is 2. The van der Waals surface area contributed by atoms with Gasteiger partial charge in [0.2, 0.25) is 0 Å². The normalized spacial score (nSPS) is 17.4. The van der Waals surface area contributed by atoms with E-state index in [0.29, 0.717) is 18.6 Å². The van der Waals surface area contributed by atoms with Crippen LogP contribution in [0.2, 0.25) is 0 Å². The molecule has 0 aliphatic heterocycles. The van der Waals surface area contributed by atoms with Crippen LogP contribution in [0, 0.1) is 5.41 Å². The molecule has 0 atom stereocenters. The fourth-order valence-electron chi connectivity index (χ4n) is 2.62. The SMILES string of the molecule is CCNC(=NCC1(CCOC)CCC1)NCCOCCS(C)(=O)=O. The topological polar surface area (TPSA) is 89.0 Å². The van der Waals surface area contributed by atoms with E-state index in [1.165, 1.54) is 25.5 Å². The van der Waals surface area contributed by atoms with Crippen LogP contribution in [-0.4, -0.2) is 73.0 Å². The van der Waals surface area contributed by atoms with Gasteiger partial charge < -0.3 is 20.1 Å². The van der Waals surface area contributed by atoms with Gasteiger partial charge in [0.1, 0.15) is 9.84 Å². The third kappa shape index (κ3) is 8.84. The Morgan fingerprint density at radius 3 is 2.50 bits per heavy atom. The number of rotatable bonds is 12. The van der Waals surface area contributed by atoms with E-state index in [2.05, 4.69) is 10.6 Å². The van der Waals surface area contributed by atoms with E-state index in [9.17, 15) is 8.42 Å². The fourth-order valence-corrected chi connectivity index (χ4v) is 3.05. The second-order valence-electron chi connectivity index (χ2n) is 6.46. The molecule has 7 nitrogen and oxygen atoms in total. The van der Waals surface area contributed by atoms with Gasteiger partial charge in [-0.15, -0.1) is 0 Å². The lowest BCUT2D eigenvalue weighted by Gasteiger charge is -2.40. The van der Waals surface area contributed by atoms with Crippen LogP contribution in [0.15, 0.2) is 4.99 Å². The summed E-state index contributed by atoms with van der Waals surface area (Å²) in [6.45, 7) is 5.70. The van der Waals surface area contributed by atoms with Crippen LogP contribution in [0.3, 0.4) is 0 Å². The molecule has 0 aromatic rings. The molecule has 0 spiro atoms. The lowest BCUT2D eigenvalue weighted by atomic mass is 9.67. The van der Waals surface area contributed by atoms with Crippen LogP contribution in [0.5, 0.6) is 0 Å². The Morgan fingerprint density at radius 1 is 1.21 bits per heavy atom. The van der Waals surface area contributed by atoms with Gasteiger partial charge in [-0.1, -0.05) is 6.42 Å². The minimum absolute atomic E-state index is 0.0587. The molecule has 0 bridgehead atoms. The van der Waals surface area contributed by atoms with E-state index in [4.69, 9.17) is 14.5 Å². The zero-order valence-corrected chi connectivity index (χ0v) is 16.1. The summed E-state index contributed by atoms with van der Waals surface area (Å²) in [4.78, 5) is 4.71. The van der Waals surface area contributed by atoms with Gasteiger partial charge >= 0.3 is 0 Å². The van der Waals surface area contributed by atoms with Crippen molar-refractivity contribution >= 4 is 15.8 Å². The Hall–Kier alpha value is -0.860. The molecule has 1 saturated carbocycles. The average molecular weight is 364 g/mol. The first-order chi connectivity index (χ1) is 11.4. The van der Waals surface area contributed by atoms with Gasteiger partial charge in [0, 0.05) is 39.6 Å². The van der Waals surface area contributed by atoms with Crippen molar-refractivity contribution in [2.24, 2.45) is 10.4 Å². The molecule has 2 N–H and O–H groups in total. The van der Waals surface area contributed by atoms with Crippen molar-refractivity contribution < 1.29 is 17.9 Å². The van der Waals surface area contributed by atoms with E-state index in [-0.39, 0.29) is 12.4 Å². The Labute approximate surface area is 146 Å². The van der Waals surface area contributed by atoms with Crippen molar-refractivity contribution in [2.75, 3.05) is 58.6 Å². The van der Waals surface area contributed by atoms with Crippen molar-refractivity contribution in [2.45, 2.75) is 32.6 Å². The van der Waals surface area contributed by atoms with E-state index < -0.39 is 9.84 Å². The standard InChI is InChI=1S/C16H33N3O4S/c1-4-17-15(18-9-11-23-12-13-24(3,20)21)19-14-16(6-5-7-16)8-10-22-2/h4-14H2,1-3H3,(H2,17,18,19). The molecule has 0 aromatic carbocycles. The highest BCUT2D eigenvalue weighted by molar-refractivity contribution is 7.90. The molecule has 0 saturated heterocycles. The lowest BCUT2D eigenvalue weighted by Crippen LogP contribution is -2.41. The maximum absolute atomic E-state index is 11.0. The number of nitrogens with zero attached hydrogens (tertiary/aromatic N) is 1. The lowest BCUT2D eigenvalue weighted by molar-refractivity contribution is 0.0778. The molecule has 1 aliphatic carbocycles. The molecule has 8 heteroatoms. The quantitative estimate of drug-likeness (QED) is 0.303. The van der Waals surface area contributed by atoms with Crippen LogP contribution >= 0.6 is 0 Å². The second-order valence-corrected chi connectivity index (χ2v) is 8.72. The summed E-state index contributed by atoms with van der Waals surface area (Å²) in [6, 6.07) is 0. The number of sulfone groups is 1. The largest absolute Gasteiger partial charge is 0.385 e. The highest BCUT2D eigenvalue weighted by Gasteiger charge is 2.36. The average Bonchev–Trinajstić information content (AvgIpc) is 2.48. The van der Waals surface area contributed by atoms with Gasteiger partial charge in [-0.05, 0) is 31.6 Å². The minimum atomic E-state index is -2.96. The van der Waals surface area contributed by atoms with Crippen LogP contribution in [0.25, 0.3) is 0 Å². The zero-order chi connectivity index (χ0) is 17.9. The summed E-state index contributed by atoms with van der Waals surface area (Å²) in [5, 5.41) is 6.46. The van der Waals surface area contributed by atoms with Crippen LogP contribution in [0.1, 0.15) is 32.6 Å². The molecule has 0 radical (unpaired) electrons. The predicted octanol–water partition coefficient (Wildman–Crippen LogP) is 0.810. The van der Waals surface area contributed by atoms with Crippen molar-refractivity contribution in [3.05, 3.63) is 0 Å². The van der Waals surface area contributed by atoms with E-state index in [0.717, 1.165) is 32.1 Å². The zero-order valence-electron chi connectivity index (χ0n) is 15.3. The Kier molecular flexibility index (Phi) is 9.61. The van der Waals surface area contributed by atoms with Gasteiger partial charge in [-0.25, -0.2) is 8.42 Å². The molecule has 24 heavy (non-hydrogen) atoms. The highest BCUT2D eigenvalue weighted by atomic mass is 32.2. The van der Waals surface area contributed by atoms with Gasteiger partial charge in [-0.2, -0.15) is 0 Å². The monoisotopic (exact) mass is 363 g/mol. The molecule has 0 amide bonds. The molecule has 0 unspecified atom stereocenters. The number of methoxy groups -OCH3 is 1. The van der Waals surface area contributed by atoms with E-state index in [1.807, 2.05) is 6.92 Å². The molecule has 1 fully saturated rings. The van der Waals surface area contributed by atoms with Gasteiger partial charge in [0.05, 0.1) is 19.0 Å². The van der Waals surface area contributed by atoms with Gasteiger partial charge in [0.15, 0.2) is 5.96 Å². The second kappa shape index (κ2) is 10.9. The Morgan fingerprint density at radius 2 is 1.96 bits per heavy atom. The number of guanidine groups is 1. The number of ether oxygens (including phenoxy) is 2. The molecule has 0 heterocycles. The van der Waals surface area contributed by atoms with Crippen molar-refractivity contribution in [3.8, 4) is 0 Å². The smallest absolute Gasteiger partial charge is 0.191 e.